The van der Waals surface area contributed by atoms with E-state index in [-0.39, 0.29) is 6.42 Å². The second-order valence-corrected chi connectivity index (χ2v) is 4.61. The Labute approximate surface area is 122 Å². The molecule has 1 aromatic rings. The van der Waals surface area contributed by atoms with Crippen LogP contribution in [0, 0.1) is 6.92 Å². The summed E-state index contributed by atoms with van der Waals surface area (Å²) in [5.41, 5.74) is 6.55. The highest BCUT2D eigenvalue weighted by Gasteiger charge is 2.22. The van der Waals surface area contributed by atoms with Crippen molar-refractivity contribution in [2.24, 2.45) is 5.73 Å². The van der Waals surface area contributed by atoms with Gasteiger partial charge in [0.25, 0.3) is 0 Å². The predicted octanol–water partition coefficient (Wildman–Crippen LogP) is -0.00908. The summed E-state index contributed by atoms with van der Waals surface area (Å²) >= 11 is 0. The average Bonchev–Trinajstić information content (AvgIpc) is 2.39. The molecular weight excluding hydrogens is 276 g/mol. The Bertz CT molecular complexity index is 556. The van der Waals surface area contributed by atoms with Crippen molar-refractivity contribution in [3.63, 3.8) is 0 Å². The number of amides is 2. The number of nitrogens with two attached hydrogens (primary N) is 1. The maximum absolute atomic E-state index is 11.8. The van der Waals surface area contributed by atoms with Gasteiger partial charge in [-0.25, -0.2) is 4.79 Å². The number of carbonyl (C=O) groups excluding carboxylic acids is 2. The molecule has 0 aromatic heterocycles. The van der Waals surface area contributed by atoms with Gasteiger partial charge in [0.05, 0.1) is 20.0 Å². The molecule has 0 bridgehead atoms. The lowest BCUT2D eigenvalue weighted by atomic mass is 10.1. The molecule has 0 radical (unpaired) electrons. The minimum Gasteiger partial charge on any atom is -0.496 e. The monoisotopic (exact) mass is 294 g/mol. The van der Waals surface area contributed by atoms with Crippen LogP contribution >= 0.6 is 0 Å². The van der Waals surface area contributed by atoms with Crippen LogP contribution < -0.4 is 15.8 Å². The van der Waals surface area contributed by atoms with Crippen molar-refractivity contribution in [2.75, 3.05) is 7.11 Å². The molecule has 0 aliphatic carbocycles. The van der Waals surface area contributed by atoms with Gasteiger partial charge in [0.1, 0.15) is 11.8 Å². The van der Waals surface area contributed by atoms with Crippen LogP contribution in [0.2, 0.25) is 0 Å². The topological polar surface area (TPSA) is 119 Å². The van der Waals surface area contributed by atoms with E-state index in [0.717, 1.165) is 5.56 Å². The molecule has 0 aliphatic rings. The van der Waals surface area contributed by atoms with Crippen molar-refractivity contribution >= 4 is 17.8 Å². The fourth-order valence-electron chi connectivity index (χ4n) is 1.81. The third-order valence-corrected chi connectivity index (χ3v) is 2.88. The zero-order valence-electron chi connectivity index (χ0n) is 11.9. The molecule has 21 heavy (non-hydrogen) atoms. The van der Waals surface area contributed by atoms with Gasteiger partial charge >= 0.3 is 5.97 Å². The molecule has 1 rings (SSSR count). The second-order valence-electron chi connectivity index (χ2n) is 4.61. The summed E-state index contributed by atoms with van der Waals surface area (Å²) in [6, 6.07) is 3.95. The molecule has 0 spiro atoms. The summed E-state index contributed by atoms with van der Waals surface area (Å²) in [6.45, 7) is 1.87. The fourth-order valence-corrected chi connectivity index (χ4v) is 1.81. The van der Waals surface area contributed by atoms with E-state index in [0.29, 0.717) is 11.3 Å². The number of rotatable bonds is 7. The van der Waals surface area contributed by atoms with Crippen LogP contribution in [0.5, 0.6) is 5.75 Å². The average molecular weight is 294 g/mol. The third kappa shape index (κ3) is 5.13. The number of aryl methyl sites for hydroxylation is 1. The Balaban J connectivity index is 2.72. The van der Waals surface area contributed by atoms with Crippen LogP contribution in [0.1, 0.15) is 17.5 Å². The van der Waals surface area contributed by atoms with Crippen LogP contribution in [0.15, 0.2) is 18.2 Å². The number of nitrogens with one attached hydrogen (secondary N) is 1. The molecule has 4 N–H and O–H groups in total. The van der Waals surface area contributed by atoms with E-state index in [1.54, 1.807) is 18.2 Å². The van der Waals surface area contributed by atoms with Gasteiger partial charge in [-0.15, -0.1) is 0 Å². The number of benzene rings is 1. The molecule has 0 aliphatic heterocycles. The van der Waals surface area contributed by atoms with Crippen LogP contribution in [0.3, 0.4) is 0 Å². The van der Waals surface area contributed by atoms with Gasteiger partial charge in [-0.05, 0) is 24.1 Å². The maximum atomic E-state index is 11.8. The number of aliphatic carboxylic acids is 1. The highest BCUT2D eigenvalue weighted by atomic mass is 16.5. The molecule has 0 saturated heterocycles. The third-order valence-electron chi connectivity index (χ3n) is 2.88. The summed E-state index contributed by atoms with van der Waals surface area (Å²) in [6.07, 6.45) is -0.461. The molecular formula is C14H18N2O5. The van der Waals surface area contributed by atoms with E-state index >= 15 is 0 Å². The Morgan fingerprint density at radius 1 is 1.38 bits per heavy atom. The van der Waals surface area contributed by atoms with E-state index in [4.69, 9.17) is 15.6 Å². The van der Waals surface area contributed by atoms with Gasteiger partial charge < -0.3 is 20.9 Å². The normalized spacial score (nSPS) is 11.5. The van der Waals surface area contributed by atoms with Gasteiger partial charge in [0.2, 0.25) is 11.8 Å². The number of carboxylic acids is 1. The predicted molar refractivity (Wildman–Crippen MR) is 74.8 cm³/mol. The summed E-state index contributed by atoms with van der Waals surface area (Å²) < 4.78 is 5.15. The van der Waals surface area contributed by atoms with E-state index in [2.05, 4.69) is 5.32 Å². The number of primary amides is 1. The standard InChI is InChI=1S/C14H18N2O5/c1-8-3-4-9(5-11(8)21-2)6-13(18)16-10(14(19)20)7-12(15)17/h3-5,10H,6-7H2,1-2H3,(H2,15,17)(H,16,18)(H,19,20). The van der Waals surface area contributed by atoms with Gasteiger partial charge in [-0.1, -0.05) is 12.1 Å². The van der Waals surface area contributed by atoms with Crippen molar-refractivity contribution in [3.8, 4) is 5.75 Å². The molecule has 7 nitrogen and oxygen atoms in total. The smallest absolute Gasteiger partial charge is 0.326 e. The summed E-state index contributed by atoms with van der Waals surface area (Å²) in [5.74, 6) is -1.95. The second kappa shape index (κ2) is 7.28. The lowest BCUT2D eigenvalue weighted by Crippen LogP contribution is -2.43. The maximum Gasteiger partial charge on any atom is 0.326 e. The minimum absolute atomic E-state index is 0.0147. The molecule has 1 atom stereocenters. The number of ether oxygens (including phenoxy) is 1. The Hall–Kier alpha value is -2.57. The number of hydrogen-bond acceptors (Lipinski definition) is 4. The largest absolute Gasteiger partial charge is 0.496 e. The van der Waals surface area contributed by atoms with Crippen molar-refractivity contribution in [3.05, 3.63) is 29.3 Å². The van der Waals surface area contributed by atoms with Crippen molar-refractivity contribution in [1.82, 2.24) is 5.32 Å². The molecule has 0 fully saturated rings. The minimum atomic E-state index is -1.32. The van der Waals surface area contributed by atoms with Gasteiger partial charge in [-0.3, -0.25) is 9.59 Å². The number of hydrogen-bond donors (Lipinski definition) is 3. The number of carbonyl (C=O) groups is 3. The highest BCUT2D eigenvalue weighted by molar-refractivity contribution is 5.88. The van der Waals surface area contributed by atoms with E-state index in [1.165, 1.54) is 7.11 Å². The zero-order valence-corrected chi connectivity index (χ0v) is 11.9. The van der Waals surface area contributed by atoms with Crippen molar-refractivity contribution < 1.29 is 24.2 Å². The Morgan fingerprint density at radius 2 is 2.05 bits per heavy atom. The molecule has 7 heteroatoms. The van der Waals surface area contributed by atoms with Crippen LogP contribution in [-0.4, -0.2) is 36.0 Å². The molecule has 0 heterocycles. The molecule has 2 amide bonds. The molecule has 0 saturated carbocycles. The SMILES string of the molecule is COc1cc(CC(=O)NC(CC(N)=O)C(=O)O)ccc1C. The molecule has 1 aromatic carbocycles. The lowest BCUT2D eigenvalue weighted by Gasteiger charge is -2.13. The van der Waals surface area contributed by atoms with Crippen molar-refractivity contribution in [1.29, 1.82) is 0 Å². The zero-order chi connectivity index (χ0) is 16.0. The summed E-state index contributed by atoms with van der Waals surface area (Å²) in [4.78, 5) is 33.5. The van der Waals surface area contributed by atoms with Crippen LogP contribution in [0.25, 0.3) is 0 Å². The molecule has 1 unspecified atom stereocenters. The number of carboxylic acid groups (broad SMARTS) is 1. The first-order chi connectivity index (χ1) is 9.83. The molecule has 114 valence electrons. The first kappa shape index (κ1) is 16.5. The summed E-state index contributed by atoms with van der Waals surface area (Å²) in [5, 5.41) is 11.2. The Morgan fingerprint density at radius 3 is 2.57 bits per heavy atom. The van der Waals surface area contributed by atoms with Crippen molar-refractivity contribution in [2.45, 2.75) is 25.8 Å². The Kier molecular flexibility index (Phi) is 5.71. The van der Waals surface area contributed by atoms with Crippen LogP contribution in [-0.2, 0) is 20.8 Å². The quantitative estimate of drug-likeness (QED) is 0.653. The van der Waals surface area contributed by atoms with E-state index < -0.39 is 30.2 Å². The fraction of sp³-hybridized carbons (Fsp3) is 0.357. The first-order valence-electron chi connectivity index (χ1n) is 6.27. The van der Waals surface area contributed by atoms with E-state index in [9.17, 15) is 14.4 Å². The van der Waals surface area contributed by atoms with Gasteiger partial charge in [0.15, 0.2) is 0 Å². The van der Waals surface area contributed by atoms with Crippen LogP contribution in [0.4, 0.5) is 0 Å². The first-order valence-corrected chi connectivity index (χ1v) is 6.27. The number of methoxy groups -OCH3 is 1. The summed E-state index contributed by atoms with van der Waals surface area (Å²) in [7, 11) is 1.53. The van der Waals surface area contributed by atoms with Gasteiger partial charge in [0, 0.05) is 0 Å². The highest BCUT2D eigenvalue weighted by Crippen LogP contribution is 2.19. The van der Waals surface area contributed by atoms with Gasteiger partial charge in [-0.2, -0.15) is 0 Å². The van der Waals surface area contributed by atoms with E-state index in [1.807, 2.05) is 6.92 Å². The lowest BCUT2D eigenvalue weighted by molar-refractivity contribution is -0.143.